The summed E-state index contributed by atoms with van der Waals surface area (Å²) in [6.45, 7) is 4.03. The number of amides is 1. The highest BCUT2D eigenvalue weighted by Crippen LogP contribution is 2.34. The molecule has 1 amide bonds. The van der Waals surface area contributed by atoms with E-state index in [-0.39, 0.29) is 17.6 Å². The molecule has 6 nitrogen and oxygen atoms in total. The molecule has 34 heavy (non-hydrogen) atoms. The number of carbonyl (C=O) groups is 1. The standard InChI is InChI=1S/C26H28FN5OS/c27-22-10-4-5-11-23(22)30-15-17-31(18-16-30)26(33)20-7-6-14-32(19-20)24-25(29-13-12-28-24)34-21-8-2-1-3-9-21/h1-5,8-13,20H,6-7,14-19H2/t20-/m1/s1. The Morgan fingerprint density at radius 3 is 2.41 bits per heavy atom. The van der Waals surface area contributed by atoms with Crippen LogP contribution in [-0.4, -0.2) is 60.0 Å². The van der Waals surface area contributed by atoms with Gasteiger partial charge in [0.05, 0.1) is 11.6 Å². The third-order valence-electron chi connectivity index (χ3n) is 6.46. The van der Waals surface area contributed by atoms with Gasteiger partial charge in [0.2, 0.25) is 5.91 Å². The SMILES string of the molecule is O=C([C@@H]1CCCN(c2nccnc2Sc2ccccc2)C1)N1CCN(c2ccccc2F)CC1. The minimum absolute atomic E-state index is 0.0645. The topological polar surface area (TPSA) is 52.6 Å². The van der Waals surface area contributed by atoms with Crippen molar-refractivity contribution < 1.29 is 9.18 Å². The summed E-state index contributed by atoms with van der Waals surface area (Å²) in [7, 11) is 0. The van der Waals surface area contributed by atoms with Crippen molar-refractivity contribution in [2.75, 3.05) is 49.1 Å². The van der Waals surface area contributed by atoms with Gasteiger partial charge in [-0.2, -0.15) is 0 Å². The van der Waals surface area contributed by atoms with Crippen molar-refractivity contribution in [1.82, 2.24) is 14.9 Å². The van der Waals surface area contributed by atoms with Crippen LogP contribution in [0.3, 0.4) is 0 Å². The second-order valence-electron chi connectivity index (χ2n) is 8.65. The minimum Gasteiger partial charge on any atom is -0.366 e. The van der Waals surface area contributed by atoms with Gasteiger partial charge in [-0.3, -0.25) is 4.79 Å². The molecule has 5 rings (SSSR count). The maximum Gasteiger partial charge on any atom is 0.227 e. The number of piperidine rings is 1. The van der Waals surface area contributed by atoms with E-state index in [1.165, 1.54) is 6.07 Å². The van der Waals surface area contributed by atoms with E-state index in [1.54, 1.807) is 36.3 Å². The van der Waals surface area contributed by atoms with Gasteiger partial charge in [-0.05, 0) is 37.1 Å². The number of hydrogen-bond donors (Lipinski definition) is 0. The lowest BCUT2D eigenvalue weighted by molar-refractivity contribution is -0.136. The molecular formula is C26H28FN5OS. The molecule has 2 saturated heterocycles. The Hall–Kier alpha value is -3.13. The maximum atomic E-state index is 14.2. The van der Waals surface area contributed by atoms with Gasteiger partial charge in [-0.15, -0.1) is 0 Å². The zero-order valence-corrected chi connectivity index (χ0v) is 19.8. The van der Waals surface area contributed by atoms with Crippen molar-refractivity contribution in [2.24, 2.45) is 5.92 Å². The second-order valence-corrected chi connectivity index (χ2v) is 9.71. The molecule has 3 aromatic rings. The number of halogens is 1. The number of benzene rings is 2. The number of carbonyl (C=O) groups excluding carboxylic acids is 1. The van der Waals surface area contributed by atoms with Crippen molar-refractivity contribution in [3.63, 3.8) is 0 Å². The van der Waals surface area contributed by atoms with Crippen LogP contribution in [0.1, 0.15) is 12.8 Å². The van der Waals surface area contributed by atoms with E-state index in [0.717, 1.165) is 35.1 Å². The smallest absolute Gasteiger partial charge is 0.227 e. The molecule has 1 aromatic heterocycles. The van der Waals surface area contributed by atoms with Crippen molar-refractivity contribution in [3.8, 4) is 0 Å². The van der Waals surface area contributed by atoms with Gasteiger partial charge < -0.3 is 14.7 Å². The first kappa shape index (κ1) is 22.7. The average molecular weight is 478 g/mol. The highest BCUT2D eigenvalue weighted by Gasteiger charge is 2.32. The van der Waals surface area contributed by atoms with Crippen molar-refractivity contribution in [3.05, 3.63) is 72.8 Å². The minimum atomic E-state index is -0.210. The van der Waals surface area contributed by atoms with Crippen LogP contribution in [0.4, 0.5) is 15.9 Å². The highest BCUT2D eigenvalue weighted by molar-refractivity contribution is 7.99. The Morgan fingerprint density at radius 1 is 0.882 bits per heavy atom. The van der Waals surface area contributed by atoms with E-state index >= 15 is 0 Å². The van der Waals surface area contributed by atoms with E-state index in [1.807, 2.05) is 34.1 Å². The summed E-state index contributed by atoms with van der Waals surface area (Å²) in [6, 6.07) is 17.0. The third-order valence-corrected chi connectivity index (χ3v) is 7.45. The fraction of sp³-hybridized carbons (Fsp3) is 0.346. The molecule has 176 valence electrons. The Balaban J connectivity index is 1.23. The Morgan fingerprint density at radius 2 is 1.62 bits per heavy atom. The summed E-state index contributed by atoms with van der Waals surface area (Å²) in [5, 5.41) is 0.861. The number of hydrogen-bond acceptors (Lipinski definition) is 6. The predicted octanol–water partition coefficient (Wildman–Crippen LogP) is 4.33. The quantitative estimate of drug-likeness (QED) is 0.545. The molecule has 0 radical (unpaired) electrons. The maximum absolute atomic E-state index is 14.2. The van der Waals surface area contributed by atoms with Gasteiger partial charge >= 0.3 is 0 Å². The molecular weight excluding hydrogens is 449 g/mol. The molecule has 0 saturated carbocycles. The van der Waals surface area contributed by atoms with Crippen molar-refractivity contribution in [1.29, 1.82) is 0 Å². The summed E-state index contributed by atoms with van der Waals surface area (Å²) >= 11 is 1.60. The van der Waals surface area contributed by atoms with E-state index in [0.29, 0.717) is 38.4 Å². The Labute approximate surface area is 203 Å². The van der Waals surface area contributed by atoms with E-state index < -0.39 is 0 Å². The molecule has 2 aliphatic heterocycles. The molecule has 0 spiro atoms. The van der Waals surface area contributed by atoms with Crippen molar-refractivity contribution in [2.45, 2.75) is 22.8 Å². The molecule has 2 aliphatic rings. The zero-order valence-electron chi connectivity index (χ0n) is 19.0. The predicted molar refractivity (Wildman–Crippen MR) is 133 cm³/mol. The van der Waals surface area contributed by atoms with Crippen LogP contribution in [0.25, 0.3) is 0 Å². The summed E-state index contributed by atoms with van der Waals surface area (Å²) in [4.78, 5) is 29.9. The van der Waals surface area contributed by atoms with E-state index in [4.69, 9.17) is 0 Å². The molecule has 2 fully saturated rings. The number of nitrogens with zero attached hydrogens (tertiary/aromatic N) is 5. The Bertz CT molecular complexity index is 1120. The molecule has 8 heteroatoms. The summed E-state index contributed by atoms with van der Waals surface area (Å²) < 4.78 is 14.2. The highest BCUT2D eigenvalue weighted by atomic mass is 32.2. The van der Waals surface area contributed by atoms with Crippen LogP contribution in [-0.2, 0) is 4.79 Å². The lowest BCUT2D eigenvalue weighted by atomic mass is 9.96. The van der Waals surface area contributed by atoms with Gasteiger partial charge in [-0.25, -0.2) is 14.4 Å². The first-order valence-electron chi connectivity index (χ1n) is 11.8. The fourth-order valence-corrected chi connectivity index (χ4v) is 5.62. The number of aromatic nitrogens is 2. The van der Waals surface area contributed by atoms with Crippen molar-refractivity contribution >= 4 is 29.2 Å². The van der Waals surface area contributed by atoms with Gasteiger partial charge in [0.1, 0.15) is 10.8 Å². The first-order chi connectivity index (χ1) is 16.7. The summed E-state index contributed by atoms with van der Waals surface area (Å²) in [5.41, 5.74) is 0.615. The molecule has 1 atom stereocenters. The molecule has 2 aromatic carbocycles. The summed E-state index contributed by atoms with van der Waals surface area (Å²) in [6.07, 6.45) is 5.26. The summed E-state index contributed by atoms with van der Waals surface area (Å²) in [5.74, 6) is 0.765. The zero-order chi connectivity index (χ0) is 23.3. The molecule has 0 bridgehead atoms. The van der Waals surface area contributed by atoms with Gasteiger partial charge in [0.25, 0.3) is 0 Å². The molecule has 0 aliphatic carbocycles. The number of piperazine rings is 1. The number of anilines is 2. The van der Waals surface area contributed by atoms with Crippen LogP contribution in [0.5, 0.6) is 0 Å². The van der Waals surface area contributed by atoms with Gasteiger partial charge in [0.15, 0.2) is 5.82 Å². The Kier molecular flexibility index (Phi) is 6.94. The monoisotopic (exact) mass is 477 g/mol. The molecule has 3 heterocycles. The average Bonchev–Trinajstić information content (AvgIpc) is 2.90. The fourth-order valence-electron chi connectivity index (χ4n) is 4.71. The third kappa shape index (κ3) is 5.01. The second kappa shape index (κ2) is 10.4. The largest absolute Gasteiger partial charge is 0.366 e. The lowest BCUT2D eigenvalue weighted by Crippen LogP contribution is -2.53. The van der Waals surface area contributed by atoms with Crippen LogP contribution in [0.15, 0.2) is 76.9 Å². The molecule has 0 N–H and O–H groups in total. The van der Waals surface area contributed by atoms with Crippen LogP contribution in [0.2, 0.25) is 0 Å². The number of rotatable bonds is 5. The van der Waals surface area contributed by atoms with E-state index in [9.17, 15) is 9.18 Å². The van der Waals surface area contributed by atoms with Crippen LogP contribution >= 0.6 is 11.8 Å². The normalized spacial score (nSPS) is 18.7. The van der Waals surface area contributed by atoms with Gasteiger partial charge in [-0.1, -0.05) is 42.1 Å². The first-order valence-corrected chi connectivity index (χ1v) is 12.6. The number of para-hydroxylation sites is 1. The van der Waals surface area contributed by atoms with Crippen LogP contribution in [0, 0.1) is 11.7 Å². The van der Waals surface area contributed by atoms with Crippen LogP contribution < -0.4 is 9.80 Å². The molecule has 0 unspecified atom stereocenters. The van der Waals surface area contributed by atoms with E-state index in [2.05, 4.69) is 27.0 Å². The van der Waals surface area contributed by atoms with Gasteiger partial charge in [0, 0.05) is 56.6 Å². The lowest BCUT2D eigenvalue weighted by Gasteiger charge is -2.40.